The number of thioether (sulfide) groups is 1. The van der Waals surface area contributed by atoms with E-state index in [1.54, 1.807) is 23.9 Å². The zero-order chi connectivity index (χ0) is 13.0. The maximum Gasteiger partial charge on any atom is 0.147 e. The molecule has 0 N–H and O–H groups in total. The molecular weight excluding hydrogens is 315 g/mol. The Bertz CT molecular complexity index is 430. The predicted octanol–water partition coefficient (Wildman–Crippen LogP) is 4.38. The van der Waals surface area contributed by atoms with Crippen LogP contribution < -0.4 is 0 Å². The third kappa shape index (κ3) is 3.82. The van der Waals surface area contributed by atoms with Gasteiger partial charge in [0.05, 0.1) is 10.2 Å². The third-order valence-electron chi connectivity index (χ3n) is 3.20. The topological polar surface area (TPSA) is 17.1 Å². The molecule has 0 bridgehead atoms. The number of benzene rings is 1. The van der Waals surface area contributed by atoms with Crippen LogP contribution in [0.2, 0.25) is 0 Å². The first-order chi connectivity index (χ1) is 8.66. The maximum atomic E-state index is 13.3. The first kappa shape index (κ1) is 14.1. The number of Topliss-reactive ketones (excluding diaryl/α,β-unsaturated/α-hetero) is 1. The summed E-state index contributed by atoms with van der Waals surface area (Å²) in [5.74, 6) is 0.426. The van der Waals surface area contributed by atoms with Crippen LogP contribution in [0, 0.1) is 5.82 Å². The average Bonchev–Trinajstić information content (AvgIpc) is 2.86. The van der Waals surface area contributed by atoms with Gasteiger partial charge in [0.15, 0.2) is 0 Å². The molecule has 1 aliphatic carbocycles. The number of halogens is 2. The summed E-state index contributed by atoms with van der Waals surface area (Å²) < 4.78 is 13.7. The van der Waals surface area contributed by atoms with Gasteiger partial charge >= 0.3 is 0 Å². The molecule has 2 rings (SSSR count). The molecule has 4 heteroatoms. The van der Waals surface area contributed by atoms with E-state index in [0.717, 1.165) is 5.56 Å². The number of ketones is 1. The summed E-state index contributed by atoms with van der Waals surface area (Å²) >= 11 is 4.95. The normalized spacial score (nSPS) is 16.1. The van der Waals surface area contributed by atoms with Crippen LogP contribution in [0.1, 0.15) is 31.2 Å². The quantitative estimate of drug-likeness (QED) is 0.797. The molecule has 18 heavy (non-hydrogen) atoms. The Labute approximate surface area is 120 Å². The minimum atomic E-state index is -0.302. The molecule has 98 valence electrons. The number of carbonyl (C=O) groups excluding carboxylic acids is 1. The fraction of sp³-hybridized carbons (Fsp3) is 0.500. The summed E-state index contributed by atoms with van der Waals surface area (Å²) in [5.41, 5.74) is 0.743. The highest BCUT2D eigenvalue weighted by molar-refractivity contribution is 9.10. The Kier molecular flexibility index (Phi) is 5.25. The van der Waals surface area contributed by atoms with Gasteiger partial charge in [-0.2, -0.15) is 11.8 Å². The fourth-order valence-electron chi connectivity index (χ4n) is 2.21. The predicted molar refractivity (Wildman–Crippen MR) is 77.5 cm³/mol. The number of rotatable bonds is 5. The van der Waals surface area contributed by atoms with Crippen molar-refractivity contribution in [1.82, 2.24) is 0 Å². The highest BCUT2D eigenvalue weighted by Gasteiger charge is 2.17. The van der Waals surface area contributed by atoms with Crippen molar-refractivity contribution >= 4 is 33.5 Å². The minimum Gasteiger partial charge on any atom is -0.298 e. The smallest absolute Gasteiger partial charge is 0.147 e. The molecule has 1 aromatic carbocycles. The Hall–Kier alpha value is -0.350. The van der Waals surface area contributed by atoms with Crippen molar-refractivity contribution in [1.29, 1.82) is 0 Å². The molecule has 1 fully saturated rings. The van der Waals surface area contributed by atoms with Gasteiger partial charge in [0.1, 0.15) is 11.6 Å². The highest BCUT2D eigenvalue weighted by Crippen LogP contribution is 2.29. The number of carbonyl (C=O) groups is 1. The van der Waals surface area contributed by atoms with Crippen molar-refractivity contribution in [3.8, 4) is 0 Å². The van der Waals surface area contributed by atoms with Crippen molar-refractivity contribution in [3.63, 3.8) is 0 Å². The lowest BCUT2D eigenvalue weighted by Crippen LogP contribution is -2.09. The molecule has 0 spiro atoms. The first-order valence-electron chi connectivity index (χ1n) is 6.23. The highest BCUT2D eigenvalue weighted by atomic mass is 79.9. The second-order valence-electron chi connectivity index (χ2n) is 4.65. The first-order valence-corrected chi connectivity index (χ1v) is 8.07. The Morgan fingerprint density at radius 3 is 2.83 bits per heavy atom. The van der Waals surface area contributed by atoms with E-state index in [4.69, 9.17) is 0 Å². The lowest BCUT2D eigenvalue weighted by Gasteiger charge is -2.08. The molecule has 0 amide bonds. The van der Waals surface area contributed by atoms with E-state index in [-0.39, 0.29) is 11.6 Å². The summed E-state index contributed by atoms with van der Waals surface area (Å²) in [6, 6.07) is 4.84. The van der Waals surface area contributed by atoms with Crippen molar-refractivity contribution in [2.75, 3.05) is 5.75 Å². The molecule has 0 heterocycles. The van der Waals surface area contributed by atoms with Crippen LogP contribution in [0.5, 0.6) is 0 Å². The third-order valence-corrected chi connectivity index (χ3v) is 5.52. The van der Waals surface area contributed by atoms with Crippen LogP contribution >= 0.6 is 27.7 Å². The Morgan fingerprint density at radius 2 is 2.11 bits per heavy atom. The zero-order valence-corrected chi connectivity index (χ0v) is 12.5. The van der Waals surface area contributed by atoms with Gasteiger partial charge in [0.2, 0.25) is 0 Å². The van der Waals surface area contributed by atoms with Crippen LogP contribution in [0.25, 0.3) is 0 Å². The van der Waals surface area contributed by atoms with Gasteiger partial charge in [0.25, 0.3) is 0 Å². The van der Waals surface area contributed by atoms with E-state index >= 15 is 0 Å². The van der Waals surface area contributed by atoms with Gasteiger partial charge < -0.3 is 0 Å². The Balaban J connectivity index is 1.84. The van der Waals surface area contributed by atoms with Crippen LogP contribution in [0.4, 0.5) is 4.39 Å². The summed E-state index contributed by atoms with van der Waals surface area (Å²) in [6.07, 6.45) is 5.38. The second-order valence-corrected chi connectivity index (χ2v) is 6.73. The molecule has 1 aromatic rings. The summed E-state index contributed by atoms with van der Waals surface area (Å²) in [7, 11) is 0. The molecule has 0 radical (unpaired) electrons. The largest absolute Gasteiger partial charge is 0.298 e. The van der Waals surface area contributed by atoms with E-state index in [2.05, 4.69) is 15.9 Å². The summed E-state index contributed by atoms with van der Waals surface area (Å²) in [5, 5.41) is 0.657. The Morgan fingerprint density at radius 1 is 1.39 bits per heavy atom. The molecule has 1 aliphatic rings. The van der Waals surface area contributed by atoms with Crippen LogP contribution in [0.15, 0.2) is 22.7 Å². The van der Waals surface area contributed by atoms with E-state index in [1.807, 2.05) is 0 Å². The van der Waals surface area contributed by atoms with Gasteiger partial charge in [-0.15, -0.1) is 0 Å². The monoisotopic (exact) mass is 330 g/mol. The van der Waals surface area contributed by atoms with Gasteiger partial charge in [-0.1, -0.05) is 25.0 Å². The van der Waals surface area contributed by atoms with Gasteiger partial charge in [-0.3, -0.25) is 4.79 Å². The lowest BCUT2D eigenvalue weighted by atomic mass is 10.1. The summed E-state index contributed by atoms with van der Waals surface area (Å²) in [4.78, 5) is 11.9. The van der Waals surface area contributed by atoms with Gasteiger partial charge in [-0.05, 0) is 40.4 Å². The van der Waals surface area contributed by atoms with E-state index < -0.39 is 0 Å². The second kappa shape index (κ2) is 6.71. The van der Waals surface area contributed by atoms with E-state index in [9.17, 15) is 9.18 Å². The van der Waals surface area contributed by atoms with Gasteiger partial charge in [0, 0.05) is 11.7 Å². The van der Waals surface area contributed by atoms with Gasteiger partial charge in [-0.25, -0.2) is 4.39 Å². The number of hydrogen-bond donors (Lipinski definition) is 0. The van der Waals surface area contributed by atoms with Crippen LogP contribution in [-0.2, 0) is 11.2 Å². The average molecular weight is 331 g/mol. The van der Waals surface area contributed by atoms with Crippen LogP contribution in [0.3, 0.4) is 0 Å². The molecule has 0 unspecified atom stereocenters. The molecule has 0 atom stereocenters. The van der Waals surface area contributed by atoms with E-state index in [0.29, 0.717) is 21.9 Å². The summed E-state index contributed by atoms with van der Waals surface area (Å²) in [6.45, 7) is 0. The minimum absolute atomic E-state index is 0.179. The van der Waals surface area contributed by atoms with E-state index in [1.165, 1.54) is 31.7 Å². The van der Waals surface area contributed by atoms with Crippen molar-refractivity contribution in [2.45, 2.75) is 37.4 Å². The molecule has 0 aliphatic heterocycles. The molecule has 1 nitrogen and oxygen atoms in total. The molecule has 0 saturated heterocycles. The molecule has 0 aromatic heterocycles. The standard InChI is InChI=1S/C14H16BrFOS/c15-14-10(4-3-7-13(14)16)8-11(17)9-18-12-5-1-2-6-12/h3-4,7,12H,1-2,5-6,8-9H2. The number of hydrogen-bond acceptors (Lipinski definition) is 2. The van der Waals surface area contributed by atoms with Crippen molar-refractivity contribution < 1.29 is 9.18 Å². The fourth-order valence-corrected chi connectivity index (χ4v) is 3.81. The lowest BCUT2D eigenvalue weighted by molar-refractivity contribution is -0.116. The van der Waals surface area contributed by atoms with Crippen LogP contribution in [-0.4, -0.2) is 16.8 Å². The maximum absolute atomic E-state index is 13.3. The van der Waals surface area contributed by atoms with Crippen molar-refractivity contribution in [2.24, 2.45) is 0 Å². The SMILES string of the molecule is O=C(CSC1CCCC1)Cc1cccc(F)c1Br. The van der Waals surface area contributed by atoms with Crippen molar-refractivity contribution in [3.05, 3.63) is 34.1 Å². The zero-order valence-electron chi connectivity index (χ0n) is 10.1. The molecular formula is C14H16BrFOS. The molecule has 1 saturated carbocycles.